The lowest BCUT2D eigenvalue weighted by atomic mass is 10.1. The maximum absolute atomic E-state index is 12.2. The molecule has 0 atom stereocenters. The number of aromatic nitrogens is 2. The van der Waals surface area contributed by atoms with Crippen LogP contribution in [-0.2, 0) is 11.2 Å². The van der Waals surface area contributed by atoms with Gasteiger partial charge in [0.15, 0.2) is 0 Å². The summed E-state index contributed by atoms with van der Waals surface area (Å²) in [7, 11) is 1.61. The number of ether oxygens (including phenoxy) is 1. The second kappa shape index (κ2) is 8.65. The number of nitrogens with zero attached hydrogens (tertiary/aromatic N) is 2. The summed E-state index contributed by atoms with van der Waals surface area (Å²) in [5, 5.41) is 7.14. The number of aryl methyl sites for hydroxylation is 1. The summed E-state index contributed by atoms with van der Waals surface area (Å²) in [5.74, 6) is 1.71. The molecule has 0 saturated heterocycles. The van der Waals surface area contributed by atoms with Crippen LogP contribution in [0.4, 0.5) is 0 Å². The van der Waals surface area contributed by atoms with Crippen molar-refractivity contribution in [1.29, 1.82) is 0 Å². The molecule has 25 heavy (non-hydrogen) atoms. The van der Waals surface area contributed by atoms with Crippen LogP contribution in [-0.4, -0.2) is 29.2 Å². The molecule has 3 rings (SSSR count). The highest BCUT2D eigenvalue weighted by Gasteiger charge is 2.17. The minimum Gasteiger partial charge on any atom is -0.496 e. The van der Waals surface area contributed by atoms with Crippen molar-refractivity contribution < 1.29 is 14.1 Å². The molecule has 1 aliphatic carbocycles. The van der Waals surface area contributed by atoms with Gasteiger partial charge in [0.25, 0.3) is 0 Å². The molecule has 1 aromatic carbocycles. The van der Waals surface area contributed by atoms with Crippen LogP contribution in [0.1, 0.15) is 50.8 Å². The van der Waals surface area contributed by atoms with E-state index in [4.69, 9.17) is 9.26 Å². The molecule has 0 spiro atoms. The average Bonchev–Trinajstić information content (AvgIpc) is 2.97. The molecule has 0 bridgehead atoms. The normalized spacial score (nSPS) is 15.6. The summed E-state index contributed by atoms with van der Waals surface area (Å²) in [6, 6.07) is 7.84. The number of carbonyl (C=O) groups excluding carboxylic acids is 1. The Balaban J connectivity index is 1.54. The third-order valence-corrected chi connectivity index (χ3v) is 4.60. The van der Waals surface area contributed by atoms with E-state index in [9.17, 15) is 4.79 Å². The van der Waals surface area contributed by atoms with Crippen molar-refractivity contribution in [3.63, 3.8) is 0 Å². The van der Waals surface area contributed by atoms with Crippen molar-refractivity contribution >= 4 is 5.91 Å². The Hall–Kier alpha value is -2.37. The summed E-state index contributed by atoms with van der Waals surface area (Å²) in [5.41, 5.74) is 0.780. The summed E-state index contributed by atoms with van der Waals surface area (Å²) in [4.78, 5) is 16.5. The fourth-order valence-corrected chi connectivity index (χ4v) is 3.24. The second-order valence-corrected chi connectivity index (χ2v) is 6.47. The second-order valence-electron chi connectivity index (χ2n) is 6.47. The highest BCUT2D eigenvalue weighted by atomic mass is 16.5. The first-order valence-electron chi connectivity index (χ1n) is 9.01. The monoisotopic (exact) mass is 343 g/mol. The quantitative estimate of drug-likeness (QED) is 0.812. The molecule has 6 nitrogen and oxygen atoms in total. The molecule has 0 radical (unpaired) electrons. The van der Waals surface area contributed by atoms with Crippen molar-refractivity contribution in [2.24, 2.45) is 0 Å². The average molecular weight is 343 g/mol. The Morgan fingerprint density at radius 2 is 2.00 bits per heavy atom. The van der Waals surface area contributed by atoms with Crippen LogP contribution >= 0.6 is 0 Å². The van der Waals surface area contributed by atoms with E-state index in [0.717, 1.165) is 18.4 Å². The maximum atomic E-state index is 12.2. The van der Waals surface area contributed by atoms with Gasteiger partial charge in [0.05, 0.1) is 12.7 Å². The highest BCUT2D eigenvalue weighted by Crippen LogP contribution is 2.27. The molecule has 0 unspecified atom stereocenters. The van der Waals surface area contributed by atoms with Crippen LogP contribution in [0.2, 0.25) is 0 Å². The van der Waals surface area contributed by atoms with Crippen LogP contribution in [0.15, 0.2) is 28.8 Å². The standard InChI is InChI=1S/C19H25N3O3/c1-24-16-11-7-6-10-15(16)19-21-18(25-22-19)13-12-17(23)20-14-8-4-2-3-5-9-14/h6-7,10-11,14H,2-5,8-9,12-13H2,1H3,(H,20,23). The van der Waals surface area contributed by atoms with Gasteiger partial charge in [-0.3, -0.25) is 4.79 Å². The lowest BCUT2D eigenvalue weighted by Crippen LogP contribution is -2.34. The van der Waals surface area contributed by atoms with Crippen LogP contribution in [0.5, 0.6) is 5.75 Å². The van der Waals surface area contributed by atoms with Crippen molar-refractivity contribution in [3.8, 4) is 17.1 Å². The van der Waals surface area contributed by atoms with E-state index >= 15 is 0 Å². The van der Waals surface area contributed by atoms with Gasteiger partial charge in [-0.05, 0) is 25.0 Å². The first-order chi connectivity index (χ1) is 12.3. The fourth-order valence-electron chi connectivity index (χ4n) is 3.24. The first-order valence-corrected chi connectivity index (χ1v) is 9.01. The van der Waals surface area contributed by atoms with Gasteiger partial charge in [0.2, 0.25) is 17.6 Å². The number of nitrogens with one attached hydrogen (secondary N) is 1. The Morgan fingerprint density at radius 3 is 2.76 bits per heavy atom. The predicted molar refractivity (Wildman–Crippen MR) is 94.2 cm³/mol. The number of benzene rings is 1. The van der Waals surface area contributed by atoms with Gasteiger partial charge in [0.1, 0.15) is 5.75 Å². The van der Waals surface area contributed by atoms with E-state index in [1.54, 1.807) is 7.11 Å². The third kappa shape index (κ3) is 4.81. The van der Waals surface area contributed by atoms with Crippen molar-refractivity contribution in [2.45, 2.75) is 57.4 Å². The summed E-state index contributed by atoms with van der Waals surface area (Å²) in [6.07, 6.45) is 7.95. The number of hydrogen-bond acceptors (Lipinski definition) is 5. The minimum atomic E-state index is 0.0592. The number of hydrogen-bond donors (Lipinski definition) is 1. The van der Waals surface area contributed by atoms with Crippen LogP contribution in [0, 0.1) is 0 Å². The van der Waals surface area contributed by atoms with Gasteiger partial charge in [-0.25, -0.2) is 0 Å². The minimum absolute atomic E-state index is 0.0592. The number of carbonyl (C=O) groups is 1. The Bertz CT molecular complexity index is 691. The van der Waals surface area contributed by atoms with Crippen molar-refractivity contribution in [1.82, 2.24) is 15.5 Å². The molecule has 1 amide bonds. The SMILES string of the molecule is COc1ccccc1-c1noc(CCC(=O)NC2CCCCCC2)n1. The molecule has 1 saturated carbocycles. The molecule has 2 aromatic rings. The molecule has 134 valence electrons. The van der Waals surface area contributed by atoms with E-state index in [1.165, 1.54) is 25.7 Å². The molecule has 1 fully saturated rings. The largest absolute Gasteiger partial charge is 0.496 e. The zero-order valence-corrected chi connectivity index (χ0v) is 14.7. The van der Waals surface area contributed by atoms with Crippen molar-refractivity contribution in [3.05, 3.63) is 30.2 Å². The van der Waals surface area contributed by atoms with Gasteiger partial charge in [-0.15, -0.1) is 0 Å². The molecular formula is C19H25N3O3. The number of methoxy groups -OCH3 is 1. The van der Waals surface area contributed by atoms with E-state index in [-0.39, 0.29) is 5.91 Å². The summed E-state index contributed by atoms with van der Waals surface area (Å²) < 4.78 is 10.6. The van der Waals surface area contributed by atoms with E-state index in [0.29, 0.717) is 36.3 Å². The van der Waals surface area contributed by atoms with E-state index < -0.39 is 0 Å². The zero-order valence-electron chi connectivity index (χ0n) is 14.7. The summed E-state index contributed by atoms with van der Waals surface area (Å²) >= 11 is 0. The van der Waals surface area contributed by atoms with Crippen LogP contribution < -0.4 is 10.1 Å². The Labute approximate surface area is 148 Å². The Kier molecular flexibility index (Phi) is 6.04. The molecule has 1 heterocycles. The maximum Gasteiger partial charge on any atom is 0.227 e. The van der Waals surface area contributed by atoms with Gasteiger partial charge in [-0.1, -0.05) is 43.0 Å². The molecular weight excluding hydrogens is 318 g/mol. The third-order valence-electron chi connectivity index (χ3n) is 4.60. The van der Waals surface area contributed by atoms with Gasteiger partial charge in [0, 0.05) is 18.9 Å². The molecule has 1 aromatic heterocycles. The highest BCUT2D eigenvalue weighted by molar-refractivity contribution is 5.76. The zero-order chi connectivity index (χ0) is 17.5. The van der Waals surface area contributed by atoms with Crippen LogP contribution in [0.25, 0.3) is 11.4 Å². The number of rotatable bonds is 6. The van der Waals surface area contributed by atoms with E-state index in [1.807, 2.05) is 24.3 Å². The topological polar surface area (TPSA) is 77.2 Å². The lowest BCUT2D eigenvalue weighted by molar-refractivity contribution is -0.121. The summed E-state index contributed by atoms with van der Waals surface area (Å²) in [6.45, 7) is 0. The van der Waals surface area contributed by atoms with Crippen LogP contribution in [0.3, 0.4) is 0 Å². The molecule has 0 aliphatic heterocycles. The smallest absolute Gasteiger partial charge is 0.227 e. The lowest BCUT2D eigenvalue weighted by Gasteiger charge is -2.15. The molecule has 6 heteroatoms. The van der Waals surface area contributed by atoms with Gasteiger partial charge < -0.3 is 14.6 Å². The van der Waals surface area contributed by atoms with Crippen molar-refractivity contribution in [2.75, 3.05) is 7.11 Å². The predicted octanol–water partition coefficient (Wildman–Crippen LogP) is 3.52. The Morgan fingerprint density at radius 1 is 1.24 bits per heavy atom. The fraction of sp³-hybridized carbons (Fsp3) is 0.526. The van der Waals surface area contributed by atoms with Gasteiger partial charge in [-0.2, -0.15) is 4.98 Å². The number of amides is 1. The van der Waals surface area contributed by atoms with Gasteiger partial charge >= 0.3 is 0 Å². The number of para-hydroxylation sites is 1. The molecule has 1 aliphatic rings. The van der Waals surface area contributed by atoms with E-state index in [2.05, 4.69) is 15.5 Å². The molecule has 1 N–H and O–H groups in total. The first kappa shape index (κ1) is 17.5.